The molecule has 4 aliphatic rings. The molecule has 2 amide bonds. The fourth-order valence-electron chi connectivity index (χ4n) is 9.59. The number of carbonyl (C=O) groups is 2. The van der Waals surface area contributed by atoms with Gasteiger partial charge in [-0.2, -0.15) is 0 Å². The number of aliphatic hydroxyl groups excluding tert-OH is 1. The highest BCUT2D eigenvalue weighted by molar-refractivity contribution is 7.13. The number of likely N-dealkylation sites (tertiary alicyclic amines) is 1. The second-order valence-electron chi connectivity index (χ2n) is 18.0. The van der Waals surface area contributed by atoms with E-state index >= 15 is 0 Å². The van der Waals surface area contributed by atoms with Crippen LogP contribution < -0.4 is 20.3 Å². The number of aromatic hydroxyl groups is 1. The van der Waals surface area contributed by atoms with Crippen LogP contribution in [0.1, 0.15) is 62.6 Å². The number of nitrogens with zero attached hydrogens (tertiary/aromatic N) is 8. The van der Waals surface area contributed by atoms with Gasteiger partial charge in [-0.1, -0.05) is 61.9 Å². The number of fused-ring (bicyclic) bond motifs is 3. The van der Waals surface area contributed by atoms with Crippen molar-refractivity contribution in [2.45, 2.75) is 70.7 Å². The summed E-state index contributed by atoms with van der Waals surface area (Å²) in [6.07, 6.45) is 2.67. The summed E-state index contributed by atoms with van der Waals surface area (Å²) in [5.41, 5.74) is 8.64. The zero-order valence-electron chi connectivity index (χ0n) is 37.4. The third-order valence-electron chi connectivity index (χ3n) is 13.2. The van der Waals surface area contributed by atoms with Gasteiger partial charge in [-0.05, 0) is 60.7 Å². The minimum absolute atomic E-state index is 0.0597. The van der Waals surface area contributed by atoms with Gasteiger partial charge in [0.25, 0.3) is 5.88 Å². The van der Waals surface area contributed by atoms with Gasteiger partial charge < -0.3 is 39.9 Å². The number of carbonyl (C=O) groups excluding carboxylic acids is 2. The van der Waals surface area contributed by atoms with Crippen molar-refractivity contribution in [1.29, 1.82) is 0 Å². The van der Waals surface area contributed by atoms with Crippen molar-refractivity contribution in [2.75, 3.05) is 75.7 Å². The summed E-state index contributed by atoms with van der Waals surface area (Å²) in [6.45, 7) is 15.3. The first kappa shape index (κ1) is 44.3. The number of hydrogen-bond acceptors (Lipinski definition) is 15. The molecule has 3 aromatic heterocycles. The van der Waals surface area contributed by atoms with E-state index in [1.165, 1.54) is 10.5 Å². The number of aromatic nitrogens is 4. The van der Waals surface area contributed by atoms with E-state index in [1.54, 1.807) is 29.5 Å². The Kier molecular flexibility index (Phi) is 13.2. The number of para-hydroxylation sites is 1. The highest BCUT2D eigenvalue weighted by Gasteiger charge is 2.44. The lowest BCUT2D eigenvalue weighted by Crippen LogP contribution is -2.58. The summed E-state index contributed by atoms with van der Waals surface area (Å²) >= 11 is 1.59. The molecular formula is C48H58N10O6S. The summed E-state index contributed by atoms with van der Waals surface area (Å²) in [5, 5.41) is 40.7. The second kappa shape index (κ2) is 19.3. The van der Waals surface area contributed by atoms with Crippen molar-refractivity contribution in [1.82, 2.24) is 40.4 Å². The molecule has 2 aromatic carbocycles. The molecule has 0 radical (unpaired) electrons. The summed E-state index contributed by atoms with van der Waals surface area (Å²) in [7, 11) is 0. The van der Waals surface area contributed by atoms with Crippen LogP contribution in [0.2, 0.25) is 0 Å². The SMILES string of the molecule is Cc1ncsc1-c1ccc([C@H](C)NC(=O)[C@@H]2C[C@@H](O)CN2C(=O)[C@@H](c2cc(OCCN3CC=C(CN4CCN5c6cc(-c7ccccc7O)nnc6NC[C@H]5C4)CC3)no2)C(C)C)cc1. The monoisotopic (exact) mass is 902 g/mol. The number of hydrogen-bond donors (Lipinski definition) is 4. The molecular weight excluding hydrogens is 845 g/mol. The number of benzene rings is 2. The summed E-state index contributed by atoms with van der Waals surface area (Å²) in [5.74, 6) is 0.189. The highest BCUT2D eigenvalue weighted by atomic mass is 32.1. The molecule has 0 unspecified atom stereocenters. The number of piperazine rings is 1. The summed E-state index contributed by atoms with van der Waals surface area (Å²) < 4.78 is 11.8. The Bertz CT molecular complexity index is 2510. The zero-order valence-corrected chi connectivity index (χ0v) is 38.2. The first-order valence-electron chi connectivity index (χ1n) is 22.7. The van der Waals surface area contributed by atoms with Crippen LogP contribution in [0.5, 0.6) is 11.6 Å². The van der Waals surface area contributed by atoms with Crippen molar-refractivity contribution in [3.05, 3.63) is 94.8 Å². The first-order chi connectivity index (χ1) is 31.5. The molecule has 7 heterocycles. The normalized spacial score (nSPS) is 21.0. The van der Waals surface area contributed by atoms with Gasteiger partial charge in [0, 0.05) is 77.0 Å². The number of phenols is 1. The standard InChI is InChI=1S/C48H58N10O6S/c1-29(2)44(48(62)58-27-36(59)21-40(58)47(61)51-30(3)33-9-11-34(12-10-33)45-31(4)50-28-65-45)42-23-43(54-64-42)63-20-19-55-15-13-32(14-16-55)25-56-17-18-57-35(26-56)24-49-46-39(57)22-38(52-53-46)37-7-5-6-8-41(37)60/h5-13,22-23,28-30,35-36,40,44,59-60H,14-21,24-27H2,1-4H3,(H,49,53)(H,51,61)/t30-,35-,36+,40-,44+/m0/s1. The maximum absolute atomic E-state index is 14.2. The van der Waals surface area contributed by atoms with Crippen LogP contribution in [0.3, 0.4) is 0 Å². The number of thiazole rings is 1. The Hall–Kier alpha value is -5.88. The van der Waals surface area contributed by atoms with Crippen molar-refractivity contribution in [2.24, 2.45) is 5.92 Å². The van der Waals surface area contributed by atoms with Gasteiger partial charge in [0.2, 0.25) is 11.8 Å². The number of aryl methyl sites for hydroxylation is 1. The molecule has 5 atom stereocenters. The van der Waals surface area contributed by atoms with Crippen molar-refractivity contribution < 1.29 is 29.1 Å². The Morgan fingerprint density at radius 1 is 1.03 bits per heavy atom. The molecule has 0 aliphatic carbocycles. The minimum Gasteiger partial charge on any atom is -0.507 e. The smallest absolute Gasteiger partial charge is 0.254 e. The Labute approximate surface area is 383 Å². The van der Waals surface area contributed by atoms with Crippen LogP contribution in [0.15, 0.2) is 82.3 Å². The van der Waals surface area contributed by atoms with Gasteiger partial charge in [0.1, 0.15) is 24.3 Å². The van der Waals surface area contributed by atoms with Gasteiger partial charge in [0.15, 0.2) is 11.6 Å². The molecule has 9 rings (SSSR count). The fraction of sp³-hybridized carbons (Fsp3) is 0.458. The number of rotatable bonds is 14. The Balaban J connectivity index is 0.739. The maximum atomic E-state index is 14.2. The average Bonchev–Trinajstić information content (AvgIpc) is 4.07. The van der Waals surface area contributed by atoms with Crippen molar-refractivity contribution in [3.8, 4) is 33.3 Å². The van der Waals surface area contributed by atoms with E-state index in [0.717, 1.165) is 85.4 Å². The lowest BCUT2D eigenvalue weighted by atomic mass is 9.91. The largest absolute Gasteiger partial charge is 0.507 e. The Morgan fingerprint density at radius 2 is 1.86 bits per heavy atom. The van der Waals surface area contributed by atoms with E-state index in [1.807, 2.05) is 75.7 Å². The van der Waals surface area contributed by atoms with Gasteiger partial charge in [-0.25, -0.2) is 4.98 Å². The van der Waals surface area contributed by atoms with Gasteiger partial charge in [-0.15, -0.1) is 21.5 Å². The fourth-order valence-corrected chi connectivity index (χ4v) is 10.4. The predicted octanol–water partition coefficient (Wildman–Crippen LogP) is 5.48. The molecule has 16 nitrogen and oxygen atoms in total. The molecule has 17 heteroatoms. The van der Waals surface area contributed by atoms with Crippen LogP contribution in [-0.4, -0.2) is 141 Å². The molecule has 4 N–H and O–H groups in total. The third-order valence-corrected chi connectivity index (χ3v) is 14.2. The minimum atomic E-state index is -0.821. The maximum Gasteiger partial charge on any atom is 0.254 e. The first-order valence-corrected chi connectivity index (χ1v) is 23.5. The molecule has 2 fully saturated rings. The lowest BCUT2D eigenvalue weighted by molar-refractivity contribution is -0.141. The lowest BCUT2D eigenvalue weighted by Gasteiger charge is -2.46. The highest BCUT2D eigenvalue weighted by Crippen LogP contribution is 2.37. The van der Waals surface area contributed by atoms with Crippen LogP contribution >= 0.6 is 11.3 Å². The number of nitrogens with one attached hydrogen (secondary N) is 2. The Morgan fingerprint density at radius 3 is 2.62 bits per heavy atom. The molecule has 0 saturated carbocycles. The number of β-amino-alcohol motifs (C(OH)–C–C–N with tert-alkyl or cyclic N) is 1. The van der Waals surface area contributed by atoms with Crippen molar-refractivity contribution >= 4 is 34.7 Å². The van der Waals surface area contributed by atoms with Crippen LogP contribution in [0.25, 0.3) is 21.7 Å². The summed E-state index contributed by atoms with van der Waals surface area (Å²) in [4.78, 5) is 42.2. The average molecular weight is 903 g/mol. The van der Waals surface area contributed by atoms with E-state index in [0.29, 0.717) is 42.1 Å². The van der Waals surface area contributed by atoms with Crippen molar-refractivity contribution in [3.63, 3.8) is 0 Å². The van der Waals surface area contributed by atoms with Crippen LogP contribution in [-0.2, 0) is 9.59 Å². The molecule has 0 bridgehead atoms. The number of anilines is 2. The molecule has 4 aliphatic heterocycles. The molecule has 2 saturated heterocycles. The number of aliphatic hydroxyl groups is 1. The van der Waals surface area contributed by atoms with E-state index in [9.17, 15) is 19.8 Å². The van der Waals surface area contributed by atoms with Gasteiger partial charge in [-0.3, -0.25) is 19.4 Å². The van der Waals surface area contributed by atoms with E-state index in [-0.39, 0.29) is 42.5 Å². The summed E-state index contributed by atoms with van der Waals surface area (Å²) in [6, 6.07) is 18.2. The molecule has 65 heavy (non-hydrogen) atoms. The second-order valence-corrected chi connectivity index (χ2v) is 18.9. The quantitative estimate of drug-likeness (QED) is 0.103. The number of phenolic OH excluding ortho intramolecular Hbond substituents is 1. The van der Waals surface area contributed by atoms with Gasteiger partial charge >= 0.3 is 0 Å². The predicted molar refractivity (Wildman–Crippen MR) is 249 cm³/mol. The van der Waals surface area contributed by atoms with E-state index in [2.05, 4.69) is 51.7 Å². The molecule has 5 aromatic rings. The van der Waals surface area contributed by atoms with Gasteiger partial charge in [0.05, 0.1) is 45.7 Å². The molecule has 342 valence electrons. The topological polar surface area (TPSA) is 186 Å². The van der Waals surface area contributed by atoms with Crippen LogP contribution in [0.4, 0.5) is 11.5 Å². The number of amides is 2. The number of ether oxygens (including phenoxy) is 1. The third kappa shape index (κ3) is 9.74. The zero-order chi connectivity index (χ0) is 45.2. The van der Waals surface area contributed by atoms with Crippen LogP contribution in [0, 0.1) is 12.8 Å². The van der Waals surface area contributed by atoms with E-state index < -0.39 is 18.1 Å². The van der Waals surface area contributed by atoms with E-state index in [4.69, 9.17) is 9.26 Å². The molecule has 0 spiro atoms.